The number of benzene rings is 3. The quantitative estimate of drug-likeness (QED) is 0.142. The van der Waals surface area contributed by atoms with E-state index in [1.807, 2.05) is 67.5 Å². The van der Waals surface area contributed by atoms with Crippen molar-refractivity contribution in [3.05, 3.63) is 83.4 Å². The Labute approximate surface area is 277 Å². The molecule has 12 heteroatoms. The molecule has 2 amide bonds. The van der Waals surface area contributed by atoms with Crippen LogP contribution in [0.2, 0.25) is 0 Å². The predicted octanol–water partition coefficient (Wildman–Crippen LogP) is 6.45. The lowest BCUT2D eigenvalue weighted by Gasteiger charge is -2.31. The summed E-state index contributed by atoms with van der Waals surface area (Å²) in [6, 6.07) is 17.5. The van der Waals surface area contributed by atoms with Gasteiger partial charge in [0.1, 0.15) is 6.04 Å². The summed E-state index contributed by atoms with van der Waals surface area (Å²) in [6.45, 7) is 4.75. The third-order valence-corrected chi connectivity index (χ3v) is 9.45. The summed E-state index contributed by atoms with van der Waals surface area (Å²) in [5.41, 5.74) is 0.980. The third kappa shape index (κ3) is 11.9. The van der Waals surface area contributed by atoms with Crippen molar-refractivity contribution < 1.29 is 32.7 Å². The van der Waals surface area contributed by atoms with Crippen LogP contribution in [0.15, 0.2) is 66.7 Å². The van der Waals surface area contributed by atoms with Gasteiger partial charge in [-0.2, -0.15) is 24.9 Å². The molecule has 0 aliphatic carbocycles. The first-order valence-corrected chi connectivity index (χ1v) is 17.7. The van der Waals surface area contributed by atoms with E-state index in [2.05, 4.69) is 10.6 Å². The van der Waals surface area contributed by atoms with Gasteiger partial charge < -0.3 is 15.7 Å². The van der Waals surface area contributed by atoms with Crippen LogP contribution < -0.4 is 10.6 Å². The van der Waals surface area contributed by atoms with E-state index in [-0.39, 0.29) is 30.2 Å². The van der Waals surface area contributed by atoms with Crippen molar-refractivity contribution in [3.63, 3.8) is 0 Å². The summed E-state index contributed by atoms with van der Waals surface area (Å²) in [5.74, 6) is -0.538. The van der Waals surface area contributed by atoms with Gasteiger partial charge in [0.05, 0.1) is 17.9 Å². The van der Waals surface area contributed by atoms with E-state index in [1.165, 1.54) is 35.7 Å². The summed E-state index contributed by atoms with van der Waals surface area (Å²) in [5, 5.41) is 17.5. The molecule has 7 nitrogen and oxygen atoms in total. The molecule has 0 radical (unpaired) electrons. The average molecular weight is 678 g/mol. The highest BCUT2D eigenvalue weighted by molar-refractivity contribution is 7.99. The lowest BCUT2D eigenvalue weighted by Crippen LogP contribution is -2.51. The molecule has 3 atom stereocenters. The molecule has 3 aromatic carbocycles. The molecule has 0 saturated heterocycles. The smallest absolute Gasteiger partial charge is 0.416 e. The van der Waals surface area contributed by atoms with Crippen LogP contribution in [0.4, 0.5) is 13.2 Å². The molecule has 3 aromatic rings. The number of hydrogen-bond acceptors (Lipinski definition) is 6. The van der Waals surface area contributed by atoms with Crippen LogP contribution in [-0.2, 0) is 32.9 Å². The minimum Gasteiger partial charge on any atom is -0.480 e. The van der Waals surface area contributed by atoms with Crippen LogP contribution in [0.3, 0.4) is 0 Å². The van der Waals surface area contributed by atoms with Gasteiger partial charge in [0.2, 0.25) is 11.8 Å². The SMILES string of the molecule is CC[C@H](C)[C@@H](CN(CC(=O)N[C@@H](CCSC)C(=O)O)Cc1cccc2ccccc12)NC(=O)CSCc1ccc(C(F)(F)F)cc1. The van der Waals surface area contributed by atoms with Crippen LogP contribution in [0, 0.1) is 5.92 Å². The number of aliphatic carboxylic acids is 1. The highest BCUT2D eigenvalue weighted by Crippen LogP contribution is 2.29. The number of carbonyl (C=O) groups excluding carboxylic acids is 2. The van der Waals surface area contributed by atoms with Crippen molar-refractivity contribution >= 4 is 52.1 Å². The van der Waals surface area contributed by atoms with Gasteiger partial charge in [0.15, 0.2) is 0 Å². The number of carboxylic acid groups (broad SMARTS) is 1. The number of nitrogens with one attached hydrogen (secondary N) is 2. The number of hydrogen-bond donors (Lipinski definition) is 3. The minimum atomic E-state index is -4.40. The largest absolute Gasteiger partial charge is 0.480 e. The van der Waals surface area contributed by atoms with Crippen LogP contribution in [0.25, 0.3) is 10.8 Å². The standard InChI is InChI=1S/C34H42F3N3O4S2/c1-4-23(2)30(39-32(42)22-46-21-24-12-14-27(15-13-24)34(35,36)37)19-40(20-31(41)38-29(33(43)44)16-17-45-3)18-26-10-7-9-25-8-5-6-11-28(25)26/h5-15,23,29-30H,4,16-22H2,1-3H3,(H,38,41)(H,39,42)(H,43,44)/t23-,29-,30+/m0/s1. The second-order valence-corrected chi connectivity index (χ2v) is 13.3. The minimum absolute atomic E-state index is 0.0578. The molecule has 0 spiro atoms. The molecule has 0 saturated carbocycles. The molecule has 0 bridgehead atoms. The number of halogens is 3. The molecule has 250 valence electrons. The van der Waals surface area contributed by atoms with Gasteiger partial charge in [-0.3, -0.25) is 14.5 Å². The number of amides is 2. The van der Waals surface area contributed by atoms with Crippen molar-refractivity contribution in [3.8, 4) is 0 Å². The topological polar surface area (TPSA) is 98.7 Å². The van der Waals surface area contributed by atoms with E-state index in [9.17, 15) is 32.7 Å². The zero-order chi connectivity index (χ0) is 33.7. The van der Waals surface area contributed by atoms with E-state index in [0.29, 0.717) is 36.6 Å². The molecule has 46 heavy (non-hydrogen) atoms. The number of fused-ring (bicyclic) bond motifs is 1. The number of carboxylic acids is 1. The van der Waals surface area contributed by atoms with E-state index in [1.54, 1.807) is 0 Å². The second-order valence-electron chi connectivity index (χ2n) is 11.3. The normalized spacial score (nSPS) is 13.7. The number of thioether (sulfide) groups is 2. The van der Waals surface area contributed by atoms with Crippen LogP contribution >= 0.6 is 23.5 Å². The zero-order valence-corrected chi connectivity index (χ0v) is 27.9. The summed E-state index contributed by atoms with van der Waals surface area (Å²) in [6.07, 6.45) is -1.44. The van der Waals surface area contributed by atoms with Gasteiger partial charge in [-0.1, -0.05) is 74.9 Å². The molecule has 0 aliphatic rings. The Hall–Kier alpha value is -3.22. The fourth-order valence-electron chi connectivity index (χ4n) is 5.02. The molecule has 0 aromatic heterocycles. The molecule has 3 N–H and O–H groups in total. The molecular formula is C34H42F3N3O4S2. The van der Waals surface area contributed by atoms with E-state index in [0.717, 1.165) is 34.9 Å². The van der Waals surface area contributed by atoms with Crippen molar-refractivity contribution in [2.75, 3.05) is 30.9 Å². The first-order chi connectivity index (χ1) is 21.9. The van der Waals surface area contributed by atoms with Crippen LogP contribution in [0.1, 0.15) is 43.4 Å². The maximum absolute atomic E-state index is 13.2. The Kier molecular flexibility index (Phi) is 14.7. The predicted molar refractivity (Wildman–Crippen MR) is 181 cm³/mol. The fourth-order valence-corrected chi connectivity index (χ4v) is 6.29. The molecule has 0 aliphatic heterocycles. The molecular weight excluding hydrogens is 636 g/mol. The maximum Gasteiger partial charge on any atom is 0.416 e. The van der Waals surface area contributed by atoms with Crippen molar-refractivity contribution in [1.29, 1.82) is 0 Å². The van der Waals surface area contributed by atoms with E-state index in [4.69, 9.17) is 0 Å². The van der Waals surface area contributed by atoms with Gasteiger partial charge in [0, 0.05) is 24.9 Å². The number of rotatable bonds is 18. The Morgan fingerprint density at radius 1 is 0.957 bits per heavy atom. The van der Waals surface area contributed by atoms with Crippen LogP contribution in [0.5, 0.6) is 0 Å². The Morgan fingerprint density at radius 3 is 2.30 bits per heavy atom. The summed E-state index contributed by atoms with van der Waals surface area (Å²) >= 11 is 2.82. The molecule has 0 unspecified atom stereocenters. The van der Waals surface area contributed by atoms with Crippen molar-refractivity contribution in [1.82, 2.24) is 15.5 Å². The highest BCUT2D eigenvalue weighted by atomic mass is 32.2. The third-order valence-electron chi connectivity index (χ3n) is 7.80. The highest BCUT2D eigenvalue weighted by Gasteiger charge is 2.30. The van der Waals surface area contributed by atoms with Crippen LogP contribution in [-0.4, -0.2) is 70.7 Å². The Bertz CT molecular complexity index is 1430. The molecule has 0 heterocycles. The van der Waals surface area contributed by atoms with Gasteiger partial charge in [-0.25, -0.2) is 4.79 Å². The molecule has 0 fully saturated rings. The fraction of sp³-hybridized carbons (Fsp3) is 0.441. The number of nitrogens with zero attached hydrogens (tertiary/aromatic N) is 1. The maximum atomic E-state index is 13.2. The van der Waals surface area contributed by atoms with E-state index >= 15 is 0 Å². The van der Waals surface area contributed by atoms with Gasteiger partial charge in [-0.05, 0) is 58.4 Å². The summed E-state index contributed by atoms with van der Waals surface area (Å²) < 4.78 is 38.6. The lowest BCUT2D eigenvalue weighted by atomic mass is 9.97. The van der Waals surface area contributed by atoms with Gasteiger partial charge >= 0.3 is 12.1 Å². The summed E-state index contributed by atoms with van der Waals surface area (Å²) in [7, 11) is 0. The second kappa shape index (κ2) is 18.2. The number of carbonyl (C=O) groups is 3. The first-order valence-electron chi connectivity index (χ1n) is 15.1. The van der Waals surface area contributed by atoms with Gasteiger partial charge in [-0.15, -0.1) is 11.8 Å². The lowest BCUT2D eigenvalue weighted by molar-refractivity contribution is -0.142. The van der Waals surface area contributed by atoms with E-state index < -0.39 is 29.7 Å². The van der Waals surface area contributed by atoms with Crippen molar-refractivity contribution in [2.24, 2.45) is 5.92 Å². The van der Waals surface area contributed by atoms with Gasteiger partial charge in [0.25, 0.3) is 0 Å². The number of alkyl halides is 3. The Morgan fingerprint density at radius 2 is 1.65 bits per heavy atom. The first kappa shape index (κ1) is 37.2. The molecule has 3 rings (SSSR count). The monoisotopic (exact) mass is 677 g/mol. The Balaban J connectivity index is 1.72. The van der Waals surface area contributed by atoms with Crippen molar-refractivity contribution in [2.45, 2.75) is 57.2 Å². The summed E-state index contributed by atoms with van der Waals surface area (Å²) in [4.78, 5) is 40.0. The average Bonchev–Trinajstić information content (AvgIpc) is 3.02. The zero-order valence-electron chi connectivity index (χ0n) is 26.3.